The van der Waals surface area contributed by atoms with Crippen molar-refractivity contribution in [2.24, 2.45) is 0 Å². The maximum atomic E-state index is 6.02. The fourth-order valence-electron chi connectivity index (χ4n) is 2.32. The first-order chi connectivity index (χ1) is 10.2. The van der Waals surface area contributed by atoms with Gasteiger partial charge in [0.15, 0.2) is 5.82 Å². The van der Waals surface area contributed by atoms with E-state index >= 15 is 0 Å². The van der Waals surface area contributed by atoms with E-state index in [1.54, 1.807) is 0 Å². The lowest BCUT2D eigenvalue weighted by atomic mass is 10.2. The molecule has 1 aliphatic heterocycles. The second-order valence-electron chi connectivity index (χ2n) is 4.80. The maximum Gasteiger partial charge on any atom is 0.260 e. The van der Waals surface area contributed by atoms with Crippen molar-refractivity contribution < 1.29 is 4.52 Å². The lowest BCUT2D eigenvalue weighted by Gasteiger charge is -2.27. The number of nitrogen functional groups attached to an aromatic ring is 1. The summed E-state index contributed by atoms with van der Waals surface area (Å²) in [5.74, 6) is 3.66. The van der Waals surface area contributed by atoms with Crippen LogP contribution in [0.1, 0.15) is 24.4 Å². The van der Waals surface area contributed by atoms with Crippen LogP contribution in [0, 0.1) is 3.57 Å². The van der Waals surface area contributed by atoms with Crippen LogP contribution in [0.15, 0.2) is 22.7 Å². The lowest BCUT2D eigenvalue weighted by molar-refractivity contribution is 0.421. The molecule has 2 N–H and O–H groups in total. The SMILES string of the molecule is CCC1SCCSC1c1noc(-c2cc(I)ccc2N)n1. The van der Waals surface area contributed by atoms with Crippen molar-refractivity contribution in [1.29, 1.82) is 0 Å². The summed E-state index contributed by atoms with van der Waals surface area (Å²) in [5.41, 5.74) is 7.51. The Kier molecular flexibility index (Phi) is 5.00. The Morgan fingerprint density at radius 1 is 1.38 bits per heavy atom. The molecule has 0 amide bonds. The molecule has 3 rings (SSSR count). The first kappa shape index (κ1) is 15.5. The number of benzene rings is 1. The molecule has 1 aliphatic rings. The quantitative estimate of drug-likeness (QED) is 0.578. The first-order valence-corrected chi connectivity index (χ1v) is 9.99. The van der Waals surface area contributed by atoms with Gasteiger partial charge in [0.05, 0.1) is 10.8 Å². The number of rotatable bonds is 3. The molecule has 1 aromatic carbocycles. The number of nitrogens with two attached hydrogens (primary N) is 1. The third-order valence-electron chi connectivity index (χ3n) is 3.39. The van der Waals surface area contributed by atoms with E-state index in [1.807, 2.05) is 41.7 Å². The van der Waals surface area contributed by atoms with Crippen molar-refractivity contribution in [2.45, 2.75) is 23.8 Å². The van der Waals surface area contributed by atoms with Gasteiger partial charge in [0.1, 0.15) is 0 Å². The molecule has 112 valence electrons. The molecule has 2 unspecified atom stereocenters. The third-order valence-corrected chi connectivity index (χ3v) is 7.31. The second kappa shape index (κ2) is 6.78. The lowest BCUT2D eigenvalue weighted by Crippen LogP contribution is -2.19. The van der Waals surface area contributed by atoms with Crippen molar-refractivity contribution in [3.8, 4) is 11.5 Å². The molecule has 21 heavy (non-hydrogen) atoms. The van der Waals surface area contributed by atoms with Gasteiger partial charge < -0.3 is 10.3 Å². The van der Waals surface area contributed by atoms with Crippen molar-refractivity contribution in [2.75, 3.05) is 17.2 Å². The van der Waals surface area contributed by atoms with Gasteiger partial charge in [0, 0.05) is 26.0 Å². The van der Waals surface area contributed by atoms with Gasteiger partial charge in [0.2, 0.25) is 0 Å². The Morgan fingerprint density at radius 2 is 2.19 bits per heavy atom. The normalized spacial score (nSPS) is 22.4. The first-order valence-electron chi connectivity index (χ1n) is 6.81. The van der Waals surface area contributed by atoms with Crippen LogP contribution < -0.4 is 5.73 Å². The van der Waals surface area contributed by atoms with Gasteiger partial charge in [-0.3, -0.25) is 0 Å². The minimum atomic E-state index is 0.315. The Labute approximate surface area is 146 Å². The van der Waals surface area contributed by atoms with E-state index in [2.05, 4.69) is 39.7 Å². The van der Waals surface area contributed by atoms with Crippen LogP contribution >= 0.6 is 46.1 Å². The summed E-state index contributed by atoms with van der Waals surface area (Å²) in [4.78, 5) is 4.61. The smallest absolute Gasteiger partial charge is 0.260 e. The zero-order valence-corrected chi connectivity index (χ0v) is 15.4. The minimum Gasteiger partial charge on any atom is -0.398 e. The van der Waals surface area contributed by atoms with Gasteiger partial charge in [-0.15, -0.1) is 11.8 Å². The molecular formula is C14H16IN3OS2. The highest BCUT2D eigenvalue weighted by molar-refractivity contribution is 14.1. The predicted molar refractivity (Wildman–Crippen MR) is 98.6 cm³/mol. The molecule has 0 radical (unpaired) electrons. The number of hydrogen-bond acceptors (Lipinski definition) is 6. The average Bonchev–Trinajstić information content (AvgIpc) is 2.99. The van der Waals surface area contributed by atoms with Crippen molar-refractivity contribution in [3.05, 3.63) is 27.6 Å². The summed E-state index contributed by atoms with van der Waals surface area (Å²) < 4.78 is 6.57. The van der Waals surface area contributed by atoms with Crippen molar-refractivity contribution in [1.82, 2.24) is 10.1 Å². The summed E-state index contributed by atoms with van der Waals surface area (Å²) in [7, 11) is 0. The van der Waals surface area contributed by atoms with E-state index in [0.29, 0.717) is 22.1 Å². The van der Waals surface area contributed by atoms with E-state index in [9.17, 15) is 0 Å². The molecule has 4 nitrogen and oxygen atoms in total. The molecule has 2 heterocycles. The molecule has 0 bridgehead atoms. The number of hydrogen-bond donors (Lipinski definition) is 1. The molecule has 0 spiro atoms. The van der Waals surface area contributed by atoms with Crippen LogP contribution in [0.3, 0.4) is 0 Å². The third kappa shape index (κ3) is 3.34. The highest BCUT2D eigenvalue weighted by atomic mass is 127. The van der Waals surface area contributed by atoms with Gasteiger partial charge in [-0.05, 0) is 47.2 Å². The topological polar surface area (TPSA) is 64.9 Å². The Morgan fingerprint density at radius 3 is 3.00 bits per heavy atom. The summed E-state index contributed by atoms with van der Waals surface area (Å²) in [6, 6.07) is 5.83. The van der Waals surface area contributed by atoms with Crippen LogP contribution in [0.5, 0.6) is 0 Å². The van der Waals surface area contributed by atoms with Crippen LogP contribution in [0.25, 0.3) is 11.5 Å². The zero-order chi connectivity index (χ0) is 14.8. The molecule has 2 atom stereocenters. The molecule has 1 fully saturated rings. The Balaban J connectivity index is 1.90. The van der Waals surface area contributed by atoms with Gasteiger partial charge >= 0.3 is 0 Å². The molecule has 7 heteroatoms. The van der Waals surface area contributed by atoms with E-state index in [-0.39, 0.29) is 0 Å². The van der Waals surface area contributed by atoms with E-state index in [1.165, 1.54) is 5.75 Å². The van der Waals surface area contributed by atoms with Gasteiger partial charge in [-0.25, -0.2) is 0 Å². The Bertz CT molecular complexity index is 634. The fourth-order valence-corrected chi connectivity index (χ4v) is 5.79. The number of aromatic nitrogens is 2. The Hall–Kier alpha value is -0.410. The predicted octanol–water partition coefficient (Wildman–Crippen LogP) is 4.22. The number of thioether (sulfide) groups is 2. The van der Waals surface area contributed by atoms with Gasteiger partial charge in [-0.2, -0.15) is 16.7 Å². The van der Waals surface area contributed by atoms with Crippen molar-refractivity contribution in [3.63, 3.8) is 0 Å². The van der Waals surface area contributed by atoms with Crippen LogP contribution in [0.4, 0.5) is 5.69 Å². The zero-order valence-electron chi connectivity index (χ0n) is 11.6. The highest BCUT2D eigenvalue weighted by Crippen LogP contribution is 2.43. The molecule has 1 saturated heterocycles. The van der Waals surface area contributed by atoms with Crippen LogP contribution in [0.2, 0.25) is 0 Å². The van der Waals surface area contributed by atoms with Gasteiger partial charge in [0.25, 0.3) is 5.89 Å². The average molecular weight is 433 g/mol. The molecular weight excluding hydrogens is 417 g/mol. The van der Waals surface area contributed by atoms with E-state index in [4.69, 9.17) is 10.3 Å². The van der Waals surface area contributed by atoms with E-state index < -0.39 is 0 Å². The summed E-state index contributed by atoms with van der Waals surface area (Å²) >= 11 is 6.19. The fraction of sp³-hybridized carbons (Fsp3) is 0.429. The maximum absolute atomic E-state index is 6.02. The highest BCUT2D eigenvalue weighted by Gasteiger charge is 2.30. The summed E-state index contributed by atoms with van der Waals surface area (Å²) in [5, 5.41) is 5.08. The van der Waals surface area contributed by atoms with Crippen LogP contribution in [-0.2, 0) is 0 Å². The monoisotopic (exact) mass is 433 g/mol. The summed E-state index contributed by atoms with van der Waals surface area (Å²) in [6.45, 7) is 2.22. The second-order valence-corrected chi connectivity index (χ2v) is 8.64. The molecule has 1 aromatic heterocycles. The molecule has 0 aliphatic carbocycles. The van der Waals surface area contributed by atoms with Crippen molar-refractivity contribution >= 4 is 51.8 Å². The van der Waals surface area contributed by atoms with E-state index in [0.717, 1.165) is 27.1 Å². The largest absolute Gasteiger partial charge is 0.398 e. The number of anilines is 1. The summed E-state index contributed by atoms with van der Waals surface area (Å²) in [6.07, 6.45) is 1.12. The number of halogens is 1. The molecule has 0 saturated carbocycles. The van der Waals surface area contributed by atoms with Gasteiger partial charge in [-0.1, -0.05) is 12.1 Å². The van der Waals surface area contributed by atoms with Crippen LogP contribution in [-0.4, -0.2) is 26.9 Å². The number of nitrogens with zero attached hydrogens (tertiary/aromatic N) is 2. The molecule has 2 aromatic rings. The minimum absolute atomic E-state index is 0.315. The standard InChI is InChI=1S/C14H16IN3OS2/c1-2-11-12(21-6-5-20-11)13-17-14(19-18-13)9-7-8(15)3-4-10(9)16/h3-4,7,11-12H,2,5-6,16H2,1H3.